The Kier molecular flexibility index (Phi) is 3.39. The summed E-state index contributed by atoms with van der Waals surface area (Å²) in [6, 6.07) is 11.8. The molecule has 2 N–H and O–H groups in total. The molecule has 0 saturated carbocycles. The highest BCUT2D eigenvalue weighted by atomic mass is 19.1. The van der Waals surface area contributed by atoms with Crippen molar-refractivity contribution < 1.29 is 8.91 Å². The Morgan fingerprint density at radius 3 is 2.62 bits per heavy atom. The van der Waals surface area contributed by atoms with E-state index in [1.165, 1.54) is 12.1 Å². The molecule has 0 unspecified atom stereocenters. The number of hydrogen-bond donors (Lipinski definition) is 1. The van der Waals surface area contributed by atoms with E-state index in [0.29, 0.717) is 18.1 Å². The van der Waals surface area contributed by atoms with Gasteiger partial charge in [-0.3, -0.25) is 0 Å². The van der Waals surface area contributed by atoms with Crippen molar-refractivity contribution in [2.45, 2.75) is 13.3 Å². The number of aromatic nitrogens is 2. The molecule has 0 fully saturated rings. The van der Waals surface area contributed by atoms with E-state index in [9.17, 15) is 4.39 Å². The van der Waals surface area contributed by atoms with Crippen molar-refractivity contribution in [3.63, 3.8) is 0 Å². The van der Waals surface area contributed by atoms with E-state index in [1.807, 2.05) is 25.1 Å². The Morgan fingerprint density at radius 2 is 1.90 bits per heavy atom. The Morgan fingerprint density at radius 1 is 1.14 bits per heavy atom. The van der Waals surface area contributed by atoms with Gasteiger partial charge in [-0.15, -0.1) is 0 Å². The van der Waals surface area contributed by atoms with Crippen molar-refractivity contribution in [3.8, 4) is 11.5 Å². The first-order chi connectivity index (χ1) is 10.1. The van der Waals surface area contributed by atoms with Crippen molar-refractivity contribution in [2.24, 2.45) is 0 Å². The number of nitrogen functional groups attached to an aromatic ring is 1. The maximum Gasteiger partial charge on any atom is 0.257 e. The molecular formula is C16H14FN3O. The zero-order chi connectivity index (χ0) is 14.8. The lowest BCUT2D eigenvalue weighted by molar-refractivity contribution is 0.424. The second-order valence-electron chi connectivity index (χ2n) is 4.89. The number of rotatable bonds is 3. The van der Waals surface area contributed by atoms with Crippen molar-refractivity contribution in [1.29, 1.82) is 0 Å². The third-order valence-electron chi connectivity index (χ3n) is 3.26. The third kappa shape index (κ3) is 2.91. The van der Waals surface area contributed by atoms with Crippen LogP contribution >= 0.6 is 0 Å². The Labute approximate surface area is 121 Å². The highest BCUT2D eigenvalue weighted by Crippen LogP contribution is 2.22. The number of halogens is 1. The van der Waals surface area contributed by atoms with Crippen molar-refractivity contribution in [3.05, 3.63) is 65.2 Å². The quantitative estimate of drug-likeness (QED) is 0.748. The molecule has 0 aliphatic carbocycles. The first kappa shape index (κ1) is 13.3. The monoisotopic (exact) mass is 283 g/mol. The molecule has 106 valence electrons. The lowest BCUT2D eigenvalue weighted by atomic mass is 10.1. The minimum Gasteiger partial charge on any atom is -0.399 e. The van der Waals surface area contributed by atoms with E-state index in [2.05, 4.69) is 10.1 Å². The van der Waals surface area contributed by atoms with Crippen LogP contribution in [0.5, 0.6) is 0 Å². The Hall–Kier alpha value is -2.69. The fourth-order valence-corrected chi connectivity index (χ4v) is 2.04. The average Bonchev–Trinajstić information content (AvgIpc) is 2.93. The van der Waals surface area contributed by atoms with Gasteiger partial charge in [-0.25, -0.2) is 4.39 Å². The molecule has 0 aliphatic rings. The fraction of sp³-hybridized carbons (Fsp3) is 0.125. The van der Waals surface area contributed by atoms with Crippen LogP contribution in [0.25, 0.3) is 11.5 Å². The van der Waals surface area contributed by atoms with E-state index in [4.69, 9.17) is 10.3 Å². The second-order valence-corrected chi connectivity index (χ2v) is 4.89. The normalized spacial score (nSPS) is 10.8. The predicted octanol–water partition coefficient (Wildman–Crippen LogP) is 3.36. The lowest BCUT2D eigenvalue weighted by Crippen LogP contribution is -1.92. The van der Waals surface area contributed by atoms with E-state index in [0.717, 1.165) is 22.4 Å². The summed E-state index contributed by atoms with van der Waals surface area (Å²) in [4.78, 5) is 4.36. The van der Waals surface area contributed by atoms with E-state index >= 15 is 0 Å². The molecule has 4 nitrogen and oxygen atoms in total. The predicted molar refractivity (Wildman–Crippen MR) is 78.1 cm³/mol. The van der Waals surface area contributed by atoms with Gasteiger partial charge in [0, 0.05) is 17.7 Å². The first-order valence-electron chi connectivity index (χ1n) is 6.55. The summed E-state index contributed by atoms with van der Waals surface area (Å²) in [6.45, 7) is 1.93. The summed E-state index contributed by atoms with van der Waals surface area (Å²) >= 11 is 0. The van der Waals surface area contributed by atoms with Crippen LogP contribution in [0, 0.1) is 12.7 Å². The molecule has 0 bridgehead atoms. The maximum atomic E-state index is 12.9. The van der Waals surface area contributed by atoms with Crippen LogP contribution < -0.4 is 5.73 Å². The van der Waals surface area contributed by atoms with Crippen LogP contribution in [-0.4, -0.2) is 10.1 Å². The minimum atomic E-state index is -0.259. The maximum absolute atomic E-state index is 12.9. The summed E-state index contributed by atoms with van der Waals surface area (Å²) in [5, 5.41) is 3.95. The third-order valence-corrected chi connectivity index (χ3v) is 3.26. The van der Waals surface area contributed by atoms with Gasteiger partial charge in [0.1, 0.15) is 5.82 Å². The van der Waals surface area contributed by atoms with Gasteiger partial charge in [0.05, 0.1) is 0 Å². The number of nitrogens with zero attached hydrogens (tertiary/aromatic N) is 2. The standard InChI is InChI=1S/C16H14FN3O/c1-10-8-12(4-7-14(10)18)16-19-15(20-21-16)9-11-2-5-13(17)6-3-11/h2-8H,9,18H2,1H3. The molecular weight excluding hydrogens is 269 g/mol. The molecule has 5 heteroatoms. The largest absolute Gasteiger partial charge is 0.399 e. The molecule has 2 aromatic carbocycles. The molecule has 0 radical (unpaired) electrons. The van der Waals surface area contributed by atoms with Crippen molar-refractivity contribution in [2.75, 3.05) is 5.73 Å². The van der Waals surface area contributed by atoms with Gasteiger partial charge >= 0.3 is 0 Å². The van der Waals surface area contributed by atoms with E-state index < -0.39 is 0 Å². The molecule has 0 aliphatic heterocycles. The smallest absolute Gasteiger partial charge is 0.257 e. The molecule has 1 heterocycles. The number of aryl methyl sites for hydroxylation is 1. The molecule has 3 rings (SSSR count). The van der Waals surface area contributed by atoms with Gasteiger partial charge in [-0.1, -0.05) is 17.3 Å². The molecule has 3 aromatic rings. The lowest BCUT2D eigenvalue weighted by Gasteiger charge is -2.00. The van der Waals surface area contributed by atoms with Crippen molar-refractivity contribution >= 4 is 5.69 Å². The van der Waals surface area contributed by atoms with Crippen molar-refractivity contribution in [1.82, 2.24) is 10.1 Å². The summed E-state index contributed by atoms with van der Waals surface area (Å²) in [7, 11) is 0. The van der Waals surface area contributed by atoms with Crippen LogP contribution in [0.4, 0.5) is 10.1 Å². The molecule has 0 spiro atoms. The summed E-state index contributed by atoms with van der Waals surface area (Å²) in [6.07, 6.45) is 0.498. The van der Waals surface area contributed by atoms with Gasteiger partial charge in [0.15, 0.2) is 5.82 Å². The number of anilines is 1. The Balaban J connectivity index is 1.82. The molecule has 0 atom stereocenters. The van der Waals surface area contributed by atoms with Crippen LogP contribution in [0.1, 0.15) is 17.0 Å². The zero-order valence-corrected chi connectivity index (χ0v) is 11.5. The van der Waals surface area contributed by atoms with Gasteiger partial charge < -0.3 is 10.3 Å². The minimum absolute atomic E-state index is 0.259. The fourth-order valence-electron chi connectivity index (χ4n) is 2.04. The van der Waals surface area contributed by atoms with E-state index in [-0.39, 0.29) is 5.82 Å². The SMILES string of the molecule is Cc1cc(-c2nc(Cc3ccc(F)cc3)no2)ccc1N. The first-order valence-corrected chi connectivity index (χ1v) is 6.55. The zero-order valence-electron chi connectivity index (χ0n) is 11.5. The van der Waals surface area contributed by atoms with Crippen LogP contribution in [0.15, 0.2) is 47.0 Å². The number of benzene rings is 2. The van der Waals surface area contributed by atoms with Crippen LogP contribution in [0.3, 0.4) is 0 Å². The second kappa shape index (κ2) is 5.36. The van der Waals surface area contributed by atoms with Gasteiger partial charge in [0.25, 0.3) is 5.89 Å². The van der Waals surface area contributed by atoms with Crippen LogP contribution in [-0.2, 0) is 6.42 Å². The number of nitrogens with two attached hydrogens (primary N) is 1. The molecule has 0 saturated heterocycles. The highest BCUT2D eigenvalue weighted by molar-refractivity contribution is 5.60. The molecule has 0 amide bonds. The highest BCUT2D eigenvalue weighted by Gasteiger charge is 2.10. The van der Waals surface area contributed by atoms with Gasteiger partial charge in [-0.2, -0.15) is 4.98 Å². The van der Waals surface area contributed by atoms with E-state index in [1.54, 1.807) is 12.1 Å². The average molecular weight is 283 g/mol. The summed E-state index contributed by atoms with van der Waals surface area (Å²) < 4.78 is 18.1. The van der Waals surface area contributed by atoms with Gasteiger partial charge in [0.2, 0.25) is 0 Å². The van der Waals surface area contributed by atoms with Gasteiger partial charge in [-0.05, 0) is 48.4 Å². The summed E-state index contributed by atoms with van der Waals surface area (Å²) in [5.41, 5.74) is 9.24. The number of hydrogen-bond acceptors (Lipinski definition) is 4. The topological polar surface area (TPSA) is 64.9 Å². The molecule has 21 heavy (non-hydrogen) atoms. The van der Waals surface area contributed by atoms with Crippen LogP contribution in [0.2, 0.25) is 0 Å². The molecule has 1 aromatic heterocycles. The Bertz CT molecular complexity index is 765. The summed E-state index contributed by atoms with van der Waals surface area (Å²) in [5.74, 6) is 0.756.